The maximum absolute atomic E-state index is 14.7. The van der Waals surface area contributed by atoms with Gasteiger partial charge in [0.2, 0.25) is 11.6 Å². The van der Waals surface area contributed by atoms with Gasteiger partial charge in [-0.1, -0.05) is 0 Å². The summed E-state index contributed by atoms with van der Waals surface area (Å²) in [6, 6.07) is 4.78. The molecule has 0 saturated carbocycles. The number of ether oxygens (including phenoxy) is 2. The third-order valence-electron chi connectivity index (χ3n) is 6.27. The van der Waals surface area contributed by atoms with Gasteiger partial charge in [-0.15, -0.1) is 0 Å². The zero-order chi connectivity index (χ0) is 29.5. The normalized spacial score (nSPS) is 15.1. The molecule has 4 aromatic rings. The van der Waals surface area contributed by atoms with E-state index in [2.05, 4.69) is 19.6 Å². The van der Waals surface area contributed by atoms with Crippen LogP contribution in [-0.2, 0) is 15.9 Å². The smallest absolute Gasteiger partial charge is 0.419 e. The molecule has 1 aliphatic rings. The van der Waals surface area contributed by atoms with Crippen LogP contribution in [0.3, 0.4) is 0 Å². The molecule has 0 bridgehead atoms. The Morgan fingerprint density at radius 1 is 1.00 bits per heavy atom. The van der Waals surface area contributed by atoms with E-state index >= 15 is 0 Å². The average Bonchev–Trinajstić information content (AvgIpc) is 2.91. The molecule has 216 valence electrons. The van der Waals surface area contributed by atoms with E-state index in [9.17, 15) is 35.3 Å². The van der Waals surface area contributed by atoms with Crippen molar-refractivity contribution < 1.29 is 40.0 Å². The van der Waals surface area contributed by atoms with Gasteiger partial charge >= 0.3 is 6.18 Å². The minimum Gasteiger partial charge on any atom is -0.490 e. The standard InChI is InChI=1S/C26H20F6N4O4S/c1-39-24-20(3-2-15(27)23(24)29)40-21-11-14(26(30,31)32)16(28)10-13(21)18-12-19(37)22-17(35-18)4-5-34-25(22)36-41(38)8-6-33-7-9-41/h2-5,10-12,33H,6-9H2,1H3,(H,35,37). The summed E-state index contributed by atoms with van der Waals surface area (Å²) < 4.78 is 111. The number of benzene rings is 2. The predicted molar refractivity (Wildman–Crippen MR) is 139 cm³/mol. The zero-order valence-electron chi connectivity index (χ0n) is 21.1. The number of halogens is 6. The van der Waals surface area contributed by atoms with Gasteiger partial charge in [0, 0.05) is 42.4 Å². The molecule has 2 aromatic carbocycles. The van der Waals surface area contributed by atoms with Gasteiger partial charge in [0.15, 0.2) is 22.8 Å². The molecule has 15 heteroatoms. The van der Waals surface area contributed by atoms with Gasteiger partial charge in [0.25, 0.3) is 0 Å². The fourth-order valence-electron chi connectivity index (χ4n) is 4.30. The summed E-state index contributed by atoms with van der Waals surface area (Å²) in [5.41, 5.74) is -2.79. The Kier molecular flexibility index (Phi) is 7.42. The molecule has 1 aliphatic heterocycles. The molecule has 0 unspecified atom stereocenters. The first-order chi connectivity index (χ1) is 19.4. The van der Waals surface area contributed by atoms with Crippen LogP contribution in [0.25, 0.3) is 22.2 Å². The molecule has 0 radical (unpaired) electrons. The van der Waals surface area contributed by atoms with Gasteiger partial charge in [-0.2, -0.15) is 21.9 Å². The van der Waals surface area contributed by atoms with Crippen LogP contribution in [0.5, 0.6) is 17.2 Å². The summed E-state index contributed by atoms with van der Waals surface area (Å²) in [5.74, 6) is -5.91. The van der Waals surface area contributed by atoms with Gasteiger partial charge in [0.05, 0.1) is 39.0 Å². The van der Waals surface area contributed by atoms with Crippen molar-refractivity contribution in [2.45, 2.75) is 6.18 Å². The second-order valence-electron chi connectivity index (χ2n) is 8.95. The molecule has 0 spiro atoms. The second kappa shape index (κ2) is 10.7. The molecule has 1 fully saturated rings. The molecule has 2 aromatic heterocycles. The molecular weight excluding hydrogens is 578 g/mol. The number of pyridine rings is 2. The van der Waals surface area contributed by atoms with Crippen LogP contribution in [-0.4, -0.2) is 45.9 Å². The van der Waals surface area contributed by atoms with Crippen molar-refractivity contribution in [1.29, 1.82) is 0 Å². The number of nitrogens with one attached hydrogen (secondary N) is 2. The Morgan fingerprint density at radius 2 is 1.73 bits per heavy atom. The molecule has 0 amide bonds. The van der Waals surface area contributed by atoms with E-state index in [1.807, 2.05) is 0 Å². The number of aromatic amines is 1. The van der Waals surface area contributed by atoms with Gasteiger partial charge in [-0.25, -0.2) is 18.0 Å². The lowest BCUT2D eigenvalue weighted by Crippen LogP contribution is -2.35. The predicted octanol–water partition coefficient (Wildman–Crippen LogP) is 5.53. The lowest BCUT2D eigenvalue weighted by atomic mass is 10.0. The van der Waals surface area contributed by atoms with Crippen LogP contribution in [0.2, 0.25) is 0 Å². The first-order valence-corrected chi connectivity index (χ1v) is 13.8. The van der Waals surface area contributed by atoms with Crippen molar-refractivity contribution in [3.63, 3.8) is 0 Å². The van der Waals surface area contributed by atoms with E-state index in [0.29, 0.717) is 31.3 Å². The van der Waals surface area contributed by atoms with Gasteiger partial charge in [0.1, 0.15) is 11.6 Å². The molecule has 0 atom stereocenters. The van der Waals surface area contributed by atoms with Gasteiger partial charge in [-0.05, 0) is 30.3 Å². The highest BCUT2D eigenvalue weighted by atomic mass is 32.2. The van der Waals surface area contributed by atoms with E-state index in [-0.39, 0.29) is 39.5 Å². The molecular formula is C26H20F6N4O4S. The monoisotopic (exact) mass is 598 g/mol. The zero-order valence-corrected chi connectivity index (χ0v) is 21.9. The summed E-state index contributed by atoms with van der Waals surface area (Å²) in [7, 11) is -1.70. The van der Waals surface area contributed by atoms with Crippen molar-refractivity contribution in [3.05, 3.63) is 75.8 Å². The van der Waals surface area contributed by atoms with Crippen molar-refractivity contribution in [2.24, 2.45) is 4.36 Å². The average molecular weight is 599 g/mol. The van der Waals surface area contributed by atoms with Crippen molar-refractivity contribution in [3.8, 4) is 28.5 Å². The van der Waals surface area contributed by atoms with Crippen LogP contribution in [0.4, 0.5) is 32.2 Å². The quantitative estimate of drug-likeness (QED) is 0.293. The maximum atomic E-state index is 14.7. The summed E-state index contributed by atoms with van der Waals surface area (Å²) in [4.78, 5) is 20.2. The fourth-order valence-corrected chi connectivity index (χ4v) is 6.07. The van der Waals surface area contributed by atoms with Crippen molar-refractivity contribution >= 4 is 26.4 Å². The van der Waals surface area contributed by atoms with E-state index in [4.69, 9.17) is 9.47 Å². The maximum Gasteiger partial charge on any atom is 0.419 e. The fraction of sp³-hybridized carbons (Fsp3) is 0.231. The largest absolute Gasteiger partial charge is 0.490 e. The summed E-state index contributed by atoms with van der Waals surface area (Å²) in [6.45, 7) is 0.942. The van der Waals surface area contributed by atoms with E-state index in [1.54, 1.807) is 0 Å². The SMILES string of the molecule is COc1c(Oc2cc(C(F)(F)F)c(F)cc2-c2cc(=O)c3c(N=S4(=O)CCNCC4)nccc3[nH]2)ccc(F)c1F. The molecule has 5 rings (SSSR count). The van der Waals surface area contributed by atoms with Crippen LogP contribution in [0.1, 0.15) is 5.56 Å². The number of nitrogens with zero attached hydrogens (tertiary/aromatic N) is 2. The number of methoxy groups -OCH3 is 1. The second-order valence-corrected chi connectivity index (χ2v) is 11.5. The molecule has 3 heterocycles. The van der Waals surface area contributed by atoms with E-state index in [1.165, 1.54) is 12.3 Å². The minimum absolute atomic E-state index is 0.0327. The Hall–Kier alpha value is -4.11. The first kappa shape index (κ1) is 28.4. The Morgan fingerprint density at radius 3 is 2.41 bits per heavy atom. The topological polar surface area (TPSA) is 106 Å². The van der Waals surface area contributed by atoms with E-state index in [0.717, 1.165) is 19.2 Å². The number of hydrogen-bond acceptors (Lipinski definition) is 7. The molecule has 41 heavy (non-hydrogen) atoms. The number of fused-ring (bicyclic) bond motifs is 1. The summed E-state index contributed by atoms with van der Waals surface area (Å²) in [6.07, 6.45) is -3.84. The molecule has 1 saturated heterocycles. The van der Waals surface area contributed by atoms with Crippen LogP contribution < -0.4 is 20.2 Å². The molecule has 2 N–H and O–H groups in total. The first-order valence-electron chi connectivity index (χ1n) is 12.0. The highest BCUT2D eigenvalue weighted by Crippen LogP contribution is 2.43. The number of aromatic nitrogens is 2. The third kappa shape index (κ3) is 5.59. The molecule has 0 aliphatic carbocycles. The Balaban J connectivity index is 1.70. The van der Waals surface area contributed by atoms with Gasteiger partial charge < -0.3 is 19.8 Å². The Labute approximate surface area is 228 Å². The minimum atomic E-state index is -5.14. The van der Waals surface area contributed by atoms with E-state index < -0.39 is 61.6 Å². The third-order valence-corrected chi connectivity index (χ3v) is 8.46. The number of hydrogen-bond donors (Lipinski definition) is 2. The number of rotatable bonds is 5. The van der Waals surface area contributed by atoms with Crippen LogP contribution in [0, 0.1) is 17.5 Å². The Bertz CT molecular complexity index is 1840. The highest BCUT2D eigenvalue weighted by Gasteiger charge is 2.36. The van der Waals surface area contributed by atoms with Gasteiger partial charge in [-0.3, -0.25) is 4.79 Å². The lowest BCUT2D eigenvalue weighted by molar-refractivity contribution is -0.140. The summed E-state index contributed by atoms with van der Waals surface area (Å²) >= 11 is 0. The molecule has 8 nitrogen and oxygen atoms in total. The van der Waals surface area contributed by atoms with Crippen molar-refractivity contribution in [2.75, 3.05) is 31.7 Å². The highest BCUT2D eigenvalue weighted by molar-refractivity contribution is 7.93. The van der Waals surface area contributed by atoms with Crippen LogP contribution in [0.15, 0.2) is 51.8 Å². The summed E-state index contributed by atoms with van der Waals surface area (Å²) in [5, 5.41) is 3.03. The van der Waals surface area contributed by atoms with Crippen molar-refractivity contribution in [1.82, 2.24) is 15.3 Å². The number of alkyl halides is 3. The van der Waals surface area contributed by atoms with Crippen LogP contribution >= 0.6 is 0 Å². The lowest BCUT2D eigenvalue weighted by Gasteiger charge is -2.18. The number of H-pyrrole nitrogens is 1.